The fourth-order valence-electron chi connectivity index (χ4n) is 5.79. The number of carbonyl (C=O) groups excluding carboxylic acids is 2. The van der Waals surface area contributed by atoms with Gasteiger partial charge >= 0.3 is 12.1 Å². The number of nitrogens with zero attached hydrogens (tertiary/aromatic N) is 2. The average Bonchev–Trinajstić information content (AvgIpc) is 3.90. The van der Waals surface area contributed by atoms with Gasteiger partial charge in [-0.3, -0.25) is 0 Å². The number of carbonyl (C=O) groups is 2. The van der Waals surface area contributed by atoms with Crippen LogP contribution in [0.25, 0.3) is 68.6 Å². The van der Waals surface area contributed by atoms with E-state index in [0.717, 1.165) is 67.1 Å². The van der Waals surface area contributed by atoms with E-state index in [1.165, 1.54) is 0 Å². The number of hydrogen-bond donors (Lipinski definition) is 6. The quantitative estimate of drug-likeness (QED) is 0.110. The molecule has 6 N–H and O–H groups in total. The molecular weight excluding hydrogens is 600 g/mol. The van der Waals surface area contributed by atoms with Crippen molar-refractivity contribution in [3.05, 3.63) is 108 Å². The van der Waals surface area contributed by atoms with Gasteiger partial charge in [0.1, 0.15) is 0 Å². The summed E-state index contributed by atoms with van der Waals surface area (Å²) >= 11 is 0. The number of anilines is 2. The first-order chi connectivity index (χ1) is 23.4. The van der Waals surface area contributed by atoms with Crippen molar-refractivity contribution in [2.24, 2.45) is 0 Å². The van der Waals surface area contributed by atoms with Crippen LogP contribution < -0.4 is 21.3 Å². The lowest BCUT2D eigenvalue weighted by Gasteiger charge is -2.09. The summed E-state index contributed by atoms with van der Waals surface area (Å²) in [7, 11) is 0. The number of fused-ring (bicyclic) bond motifs is 8. The second-order valence-electron chi connectivity index (χ2n) is 11.3. The second kappa shape index (κ2) is 13.1. The molecule has 10 nitrogen and oxygen atoms in total. The van der Waals surface area contributed by atoms with Gasteiger partial charge in [-0.15, -0.1) is 0 Å². The zero-order chi connectivity index (χ0) is 33.0. The number of urea groups is 2. The molecule has 5 aromatic rings. The first kappa shape index (κ1) is 30.2. The maximum absolute atomic E-state index is 12.1. The van der Waals surface area contributed by atoms with Crippen molar-refractivity contribution >= 4 is 69.8 Å². The Labute approximate surface area is 277 Å². The van der Waals surface area contributed by atoms with E-state index in [4.69, 9.17) is 9.97 Å². The van der Waals surface area contributed by atoms with Crippen LogP contribution in [0.2, 0.25) is 0 Å². The third-order valence-corrected chi connectivity index (χ3v) is 7.94. The first-order valence-corrected chi connectivity index (χ1v) is 15.9. The Kier molecular flexibility index (Phi) is 8.27. The van der Waals surface area contributed by atoms with E-state index in [0.29, 0.717) is 24.5 Å². The van der Waals surface area contributed by atoms with Gasteiger partial charge in [-0.05, 0) is 110 Å². The number of H-pyrrole nitrogens is 2. The molecule has 0 radical (unpaired) electrons. The Morgan fingerprint density at radius 1 is 0.562 bits per heavy atom. The molecule has 4 amide bonds. The van der Waals surface area contributed by atoms with Crippen molar-refractivity contribution in [3.63, 3.8) is 0 Å². The maximum atomic E-state index is 12.1. The number of benzene rings is 2. The Morgan fingerprint density at radius 3 is 1.42 bits per heavy atom. The van der Waals surface area contributed by atoms with Crippen molar-refractivity contribution in [1.29, 1.82) is 0 Å². The molecule has 0 saturated heterocycles. The van der Waals surface area contributed by atoms with Crippen molar-refractivity contribution in [2.45, 2.75) is 13.8 Å². The molecule has 0 fully saturated rings. The molecule has 3 aromatic heterocycles. The predicted octanol–water partition coefficient (Wildman–Crippen LogP) is 8.27. The average molecular weight is 635 g/mol. The van der Waals surface area contributed by atoms with E-state index in [1.54, 1.807) is 0 Å². The molecule has 0 unspecified atom stereocenters. The van der Waals surface area contributed by atoms with Gasteiger partial charge < -0.3 is 31.2 Å². The zero-order valence-corrected chi connectivity index (χ0v) is 26.5. The van der Waals surface area contributed by atoms with Gasteiger partial charge in [-0.1, -0.05) is 24.3 Å². The van der Waals surface area contributed by atoms with Crippen molar-refractivity contribution in [3.8, 4) is 22.3 Å². The molecule has 2 aliphatic rings. The highest BCUT2D eigenvalue weighted by molar-refractivity contribution is 5.97. The molecule has 7 rings (SSSR count). The third-order valence-electron chi connectivity index (χ3n) is 7.94. The van der Waals surface area contributed by atoms with Gasteiger partial charge in [0.15, 0.2) is 0 Å². The highest BCUT2D eigenvalue weighted by atomic mass is 16.2. The maximum Gasteiger partial charge on any atom is 0.319 e. The van der Waals surface area contributed by atoms with Crippen LogP contribution in [0, 0.1) is 0 Å². The van der Waals surface area contributed by atoms with Gasteiger partial charge in [0, 0.05) is 57.7 Å². The van der Waals surface area contributed by atoms with Crippen LogP contribution in [-0.4, -0.2) is 45.1 Å². The molecule has 2 aliphatic heterocycles. The Balaban J connectivity index is 1.44. The summed E-state index contributed by atoms with van der Waals surface area (Å²) in [5.74, 6) is 0. The lowest BCUT2D eigenvalue weighted by atomic mass is 10.0. The Hall–Kier alpha value is -6.42. The SMILES string of the molecule is CCNC(=O)Nc1ccc(-c2c3nc(c(-c4ccc(NC(=O)NCC)cc4)c4ccc(cc5nc(cc6ccc2[nH]6)C=C5)[nH]4)C=C3)cc1. The van der Waals surface area contributed by atoms with E-state index < -0.39 is 0 Å². The first-order valence-electron chi connectivity index (χ1n) is 15.9. The lowest BCUT2D eigenvalue weighted by Crippen LogP contribution is -2.28. The minimum absolute atomic E-state index is 0.250. The minimum atomic E-state index is -0.250. The molecule has 10 heteroatoms. The largest absolute Gasteiger partial charge is 0.355 e. The number of nitrogens with one attached hydrogen (secondary N) is 6. The van der Waals surface area contributed by atoms with Crippen LogP contribution in [0.5, 0.6) is 0 Å². The van der Waals surface area contributed by atoms with E-state index >= 15 is 0 Å². The fraction of sp³-hybridized carbons (Fsp3) is 0.105. The number of amides is 4. The monoisotopic (exact) mass is 634 g/mol. The summed E-state index contributed by atoms with van der Waals surface area (Å²) in [5.41, 5.74) is 11.9. The van der Waals surface area contributed by atoms with Gasteiger partial charge in [0.2, 0.25) is 0 Å². The molecule has 5 heterocycles. The molecule has 238 valence electrons. The number of hydrogen-bond acceptors (Lipinski definition) is 4. The van der Waals surface area contributed by atoms with Crippen LogP contribution in [0.4, 0.5) is 21.0 Å². The molecule has 2 aromatic carbocycles. The summed E-state index contributed by atoms with van der Waals surface area (Å²) in [6, 6.07) is 27.2. The van der Waals surface area contributed by atoms with Crippen molar-refractivity contribution < 1.29 is 9.59 Å². The highest BCUT2D eigenvalue weighted by Gasteiger charge is 2.16. The predicted molar refractivity (Wildman–Crippen MR) is 195 cm³/mol. The van der Waals surface area contributed by atoms with Gasteiger partial charge in [0.05, 0.1) is 22.8 Å². The van der Waals surface area contributed by atoms with E-state index in [1.807, 2.05) is 123 Å². The summed E-state index contributed by atoms with van der Waals surface area (Å²) in [6.45, 7) is 4.84. The standard InChI is InChI=1S/C38H34N8O2/c1-3-39-37(47)44-25-9-5-23(6-10-25)35-31-17-15-29(42-31)21-27-13-14-28(41-27)22-30-16-18-32(43-30)36(34-20-19-33(35)46-34)24-7-11-26(12-8-24)45-38(48)40-4-2/h5-22,42-43H,3-4H2,1-2H3,(H2,39,44,47)(H2,40,45,48). The van der Waals surface area contributed by atoms with Crippen molar-refractivity contribution in [1.82, 2.24) is 30.6 Å². The molecular formula is C38H34N8O2. The van der Waals surface area contributed by atoms with E-state index in [9.17, 15) is 9.59 Å². The highest BCUT2D eigenvalue weighted by Crippen LogP contribution is 2.35. The molecule has 0 saturated carbocycles. The second-order valence-corrected chi connectivity index (χ2v) is 11.3. The third kappa shape index (κ3) is 6.45. The molecule has 0 spiro atoms. The molecule has 48 heavy (non-hydrogen) atoms. The summed E-state index contributed by atoms with van der Waals surface area (Å²) in [6.07, 6.45) is 8.05. The summed E-state index contributed by atoms with van der Waals surface area (Å²) < 4.78 is 0. The summed E-state index contributed by atoms with van der Waals surface area (Å²) in [4.78, 5) is 41.4. The van der Waals surface area contributed by atoms with Crippen LogP contribution in [0.15, 0.2) is 84.9 Å². The van der Waals surface area contributed by atoms with Crippen molar-refractivity contribution in [2.75, 3.05) is 23.7 Å². The van der Waals surface area contributed by atoms with Gasteiger partial charge in [-0.2, -0.15) is 0 Å². The smallest absolute Gasteiger partial charge is 0.319 e. The number of rotatable bonds is 6. The van der Waals surface area contributed by atoms with E-state index in [-0.39, 0.29) is 12.1 Å². The number of aromatic nitrogens is 4. The number of aromatic amines is 2. The van der Waals surface area contributed by atoms with Gasteiger partial charge in [0.25, 0.3) is 0 Å². The minimum Gasteiger partial charge on any atom is -0.355 e. The Morgan fingerprint density at radius 2 is 1.00 bits per heavy atom. The molecule has 0 atom stereocenters. The van der Waals surface area contributed by atoms with Crippen LogP contribution in [0.1, 0.15) is 36.6 Å². The molecule has 0 aliphatic carbocycles. The topological polar surface area (TPSA) is 140 Å². The van der Waals surface area contributed by atoms with Crippen LogP contribution in [-0.2, 0) is 0 Å². The van der Waals surface area contributed by atoms with Gasteiger partial charge in [-0.25, -0.2) is 19.6 Å². The normalized spacial score (nSPS) is 11.7. The van der Waals surface area contributed by atoms with Crippen LogP contribution in [0.3, 0.4) is 0 Å². The lowest BCUT2D eigenvalue weighted by molar-refractivity contribution is 0.251. The fourth-order valence-corrected chi connectivity index (χ4v) is 5.79. The van der Waals surface area contributed by atoms with Crippen LogP contribution >= 0.6 is 0 Å². The zero-order valence-electron chi connectivity index (χ0n) is 26.5. The Bertz CT molecular complexity index is 2090. The molecule has 8 bridgehead atoms. The van der Waals surface area contributed by atoms with E-state index in [2.05, 4.69) is 31.2 Å². The summed E-state index contributed by atoms with van der Waals surface area (Å²) in [5, 5.41) is 11.3.